The molecule has 1 aliphatic rings. The quantitative estimate of drug-likeness (QED) is 0.731. The van der Waals surface area contributed by atoms with Gasteiger partial charge in [0.2, 0.25) is 5.91 Å². The van der Waals surface area contributed by atoms with Gasteiger partial charge < -0.3 is 4.90 Å². The number of alkyl halides is 4. The van der Waals surface area contributed by atoms with E-state index in [1.165, 1.54) is 0 Å². The van der Waals surface area contributed by atoms with Crippen molar-refractivity contribution in [1.82, 2.24) is 4.90 Å². The molecule has 0 aromatic carbocycles. The third-order valence-electron chi connectivity index (χ3n) is 2.74. The van der Waals surface area contributed by atoms with E-state index in [9.17, 15) is 18.0 Å². The Balaban J connectivity index is 2.57. The zero-order valence-electron chi connectivity index (χ0n) is 8.89. The zero-order valence-corrected chi connectivity index (χ0v) is 10.5. The monoisotopic (exact) mass is 301 g/mol. The Morgan fingerprint density at radius 1 is 1.31 bits per heavy atom. The number of halogens is 4. The maximum Gasteiger partial charge on any atom is 0.406 e. The summed E-state index contributed by atoms with van der Waals surface area (Å²) in [6.07, 6.45) is -0.948. The Kier molecular flexibility index (Phi) is 5.08. The van der Waals surface area contributed by atoms with Crippen LogP contribution in [0.5, 0.6) is 0 Å². The van der Waals surface area contributed by atoms with E-state index < -0.39 is 12.7 Å². The molecule has 1 fully saturated rings. The molecule has 1 rings (SSSR count). The second kappa shape index (κ2) is 5.89. The largest absolute Gasteiger partial charge is 0.406 e. The average molecular weight is 302 g/mol. The van der Waals surface area contributed by atoms with Crippen LogP contribution in [0.3, 0.4) is 0 Å². The highest BCUT2D eigenvalue weighted by atomic mass is 79.9. The third kappa shape index (κ3) is 4.31. The molecule has 0 atom stereocenters. The number of rotatable bonds is 4. The minimum Gasteiger partial charge on any atom is -0.333 e. The summed E-state index contributed by atoms with van der Waals surface area (Å²) >= 11 is 3.07. The van der Waals surface area contributed by atoms with E-state index in [4.69, 9.17) is 0 Å². The van der Waals surface area contributed by atoms with Gasteiger partial charge in [0.1, 0.15) is 6.54 Å². The van der Waals surface area contributed by atoms with Gasteiger partial charge in [0.15, 0.2) is 0 Å². The van der Waals surface area contributed by atoms with Crippen LogP contribution in [0.2, 0.25) is 0 Å². The molecule has 0 radical (unpaired) electrons. The number of hydrogen-bond acceptors (Lipinski definition) is 1. The van der Waals surface area contributed by atoms with Crippen LogP contribution in [0, 0.1) is 5.92 Å². The van der Waals surface area contributed by atoms with Crippen molar-refractivity contribution in [3.63, 3.8) is 0 Å². The minimum atomic E-state index is -4.31. The average Bonchev–Trinajstić information content (AvgIpc) is 2.66. The molecule has 0 aliphatic heterocycles. The van der Waals surface area contributed by atoms with Crippen molar-refractivity contribution in [2.45, 2.75) is 31.9 Å². The lowest BCUT2D eigenvalue weighted by Gasteiger charge is -2.25. The van der Waals surface area contributed by atoms with Gasteiger partial charge in [-0.3, -0.25) is 4.79 Å². The molecule has 0 N–H and O–H groups in total. The molecule has 1 aliphatic carbocycles. The standard InChI is InChI=1S/C10H15BrF3NO/c11-5-6-15(7-10(12,13)14)9(16)8-3-1-2-4-8/h8H,1-7H2. The van der Waals surface area contributed by atoms with Gasteiger partial charge in [0.05, 0.1) is 0 Å². The lowest BCUT2D eigenvalue weighted by Crippen LogP contribution is -2.42. The summed E-state index contributed by atoms with van der Waals surface area (Å²) < 4.78 is 36.8. The lowest BCUT2D eigenvalue weighted by atomic mass is 10.1. The fourth-order valence-electron chi connectivity index (χ4n) is 2.02. The molecule has 0 saturated heterocycles. The van der Waals surface area contributed by atoms with E-state index in [2.05, 4.69) is 15.9 Å². The molecule has 0 aromatic rings. The van der Waals surface area contributed by atoms with Crippen LogP contribution in [0.1, 0.15) is 25.7 Å². The summed E-state index contributed by atoms with van der Waals surface area (Å²) in [5, 5.41) is 0.377. The first kappa shape index (κ1) is 13.8. The van der Waals surface area contributed by atoms with Crippen molar-refractivity contribution >= 4 is 21.8 Å². The Labute approximate surface area is 101 Å². The molecule has 0 unspecified atom stereocenters. The number of hydrogen-bond donors (Lipinski definition) is 0. The Morgan fingerprint density at radius 3 is 2.31 bits per heavy atom. The first-order valence-corrected chi connectivity index (χ1v) is 6.47. The van der Waals surface area contributed by atoms with Gasteiger partial charge in [-0.25, -0.2) is 0 Å². The Morgan fingerprint density at radius 2 is 1.88 bits per heavy atom. The molecule has 16 heavy (non-hydrogen) atoms. The molecular formula is C10H15BrF3NO. The predicted molar refractivity (Wildman–Crippen MR) is 58.4 cm³/mol. The van der Waals surface area contributed by atoms with E-state index in [-0.39, 0.29) is 18.4 Å². The van der Waals surface area contributed by atoms with Crippen molar-refractivity contribution < 1.29 is 18.0 Å². The van der Waals surface area contributed by atoms with E-state index in [0.29, 0.717) is 5.33 Å². The van der Waals surface area contributed by atoms with Crippen LogP contribution >= 0.6 is 15.9 Å². The first-order valence-electron chi connectivity index (χ1n) is 5.35. The molecule has 1 amide bonds. The third-order valence-corrected chi connectivity index (χ3v) is 3.10. The van der Waals surface area contributed by atoms with Crippen LogP contribution in [0.15, 0.2) is 0 Å². The topological polar surface area (TPSA) is 20.3 Å². The summed E-state index contributed by atoms with van der Waals surface area (Å²) in [6, 6.07) is 0. The van der Waals surface area contributed by atoms with Crippen molar-refractivity contribution in [3.8, 4) is 0 Å². The molecule has 6 heteroatoms. The number of amides is 1. The highest BCUT2D eigenvalue weighted by Crippen LogP contribution is 2.28. The summed E-state index contributed by atoms with van der Waals surface area (Å²) in [5.41, 5.74) is 0. The molecule has 0 heterocycles. The van der Waals surface area contributed by atoms with E-state index in [0.717, 1.165) is 30.6 Å². The molecule has 1 saturated carbocycles. The van der Waals surface area contributed by atoms with Crippen molar-refractivity contribution in [2.75, 3.05) is 18.4 Å². The fraction of sp³-hybridized carbons (Fsp3) is 0.900. The van der Waals surface area contributed by atoms with Gasteiger partial charge in [-0.15, -0.1) is 0 Å². The summed E-state index contributed by atoms with van der Waals surface area (Å²) in [7, 11) is 0. The fourth-order valence-corrected chi connectivity index (χ4v) is 2.44. The number of carbonyl (C=O) groups excluding carboxylic acids is 1. The second-order valence-electron chi connectivity index (χ2n) is 4.05. The normalized spacial score (nSPS) is 17.8. The maximum atomic E-state index is 12.3. The van der Waals surface area contributed by atoms with Crippen LogP contribution in [0.25, 0.3) is 0 Å². The van der Waals surface area contributed by atoms with Crippen LogP contribution in [0.4, 0.5) is 13.2 Å². The molecule has 0 aromatic heterocycles. The minimum absolute atomic E-state index is 0.120. The molecule has 0 bridgehead atoms. The van der Waals surface area contributed by atoms with Gasteiger partial charge in [-0.2, -0.15) is 13.2 Å². The summed E-state index contributed by atoms with van der Waals surface area (Å²) in [4.78, 5) is 12.7. The van der Waals surface area contributed by atoms with Crippen LogP contribution in [-0.2, 0) is 4.79 Å². The van der Waals surface area contributed by atoms with Crippen molar-refractivity contribution in [1.29, 1.82) is 0 Å². The Hall–Kier alpha value is -0.260. The zero-order chi connectivity index (χ0) is 12.2. The predicted octanol–water partition coefficient (Wildman–Crippen LogP) is 2.96. The van der Waals surface area contributed by atoms with Gasteiger partial charge >= 0.3 is 6.18 Å². The maximum absolute atomic E-state index is 12.3. The second-order valence-corrected chi connectivity index (χ2v) is 4.84. The molecule has 0 spiro atoms. The highest BCUT2D eigenvalue weighted by molar-refractivity contribution is 9.09. The van der Waals surface area contributed by atoms with Gasteiger partial charge in [0.25, 0.3) is 0 Å². The van der Waals surface area contributed by atoms with Gasteiger partial charge in [-0.05, 0) is 12.8 Å². The van der Waals surface area contributed by atoms with Gasteiger partial charge in [0, 0.05) is 17.8 Å². The Bertz CT molecular complexity index is 239. The van der Waals surface area contributed by atoms with Gasteiger partial charge in [-0.1, -0.05) is 28.8 Å². The van der Waals surface area contributed by atoms with Crippen LogP contribution < -0.4 is 0 Å². The smallest absolute Gasteiger partial charge is 0.333 e. The first-order chi connectivity index (χ1) is 7.44. The highest BCUT2D eigenvalue weighted by Gasteiger charge is 2.35. The van der Waals surface area contributed by atoms with E-state index >= 15 is 0 Å². The number of nitrogens with zero attached hydrogens (tertiary/aromatic N) is 1. The van der Waals surface area contributed by atoms with E-state index in [1.54, 1.807) is 0 Å². The molecular weight excluding hydrogens is 287 g/mol. The number of carbonyl (C=O) groups is 1. The van der Waals surface area contributed by atoms with E-state index in [1.807, 2.05) is 0 Å². The molecule has 94 valence electrons. The molecule has 2 nitrogen and oxygen atoms in total. The lowest BCUT2D eigenvalue weighted by molar-refractivity contribution is -0.163. The SMILES string of the molecule is O=C(C1CCCC1)N(CCBr)CC(F)(F)F. The van der Waals surface area contributed by atoms with Crippen molar-refractivity contribution in [3.05, 3.63) is 0 Å². The summed E-state index contributed by atoms with van der Waals surface area (Å²) in [6.45, 7) is -1.01. The van der Waals surface area contributed by atoms with Crippen LogP contribution in [-0.4, -0.2) is 35.4 Å². The van der Waals surface area contributed by atoms with Crippen molar-refractivity contribution in [2.24, 2.45) is 5.92 Å². The summed E-state index contributed by atoms with van der Waals surface area (Å²) in [5.74, 6) is -0.532.